The van der Waals surface area contributed by atoms with Gasteiger partial charge in [-0.3, -0.25) is 4.79 Å². The van der Waals surface area contributed by atoms with Gasteiger partial charge >= 0.3 is 0 Å². The molecule has 1 saturated carbocycles. The van der Waals surface area contributed by atoms with Crippen molar-refractivity contribution < 1.29 is 9.53 Å². The van der Waals surface area contributed by atoms with Gasteiger partial charge in [-0.25, -0.2) is 0 Å². The SMILES string of the molecule is COCCNCC(=O)N(CCC(C)C)C1CCCC1. The number of ether oxygens (including phenoxy) is 1. The monoisotopic (exact) mass is 270 g/mol. The Morgan fingerprint density at radius 3 is 2.63 bits per heavy atom. The number of carbonyl (C=O) groups is 1. The van der Waals surface area contributed by atoms with Crippen LogP contribution < -0.4 is 5.32 Å². The van der Waals surface area contributed by atoms with E-state index in [4.69, 9.17) is 4.74 Å². The molecule has 1 aliphatic carbocycles. The van der Waals surface area contributed by atoms with Gasteiger partial charge in [-0.1, -0.05) is 26.7 Å². The van der Waals surface area contributed by atoms with Crippen molar-refractivity contribution in [3.63, 3.8) is 0 Å². The van der Waals surface area contributed by atoms with E-state index < -0.39 is 0 Å². The van der Waals surface area contributed by atoms with Gasteiger partial charge in [-0.05, 0) is 25.2 Å². The van der Waals surface area contributed by atoms with Crippen molar-refractivity contribution in [2.75, 3.05) is 33.4 Å². The first-order chi connectivity index (χ1) is 9.15. The zero-order valence-corrected chi connectivity index (χ0v) is 12.8. The van der Waals surface area contributed by atoms with E-state index in [1.54, 1.807) is 7.11 Å². The number of methoxy groups -OCH3 is 1. The number of nitrogens with zero attached hydrogens (tertiary/aromatic N) is 1. The Hall–Kier alpha value is -0.610. The van der Waals surface area contributed by atoms with E-state index in [1.165, 1.54) is 25.7 Å². The Morgan fingerprint density at radius 1 is 1.37 bits per heavy atom. The quantitative estimate of drug-likeness (QED) is 0.652. The number of nitrogens with one attached hydrogen (secondary N) is 1. The highest BCUT2D eigenvalue weighted by Crippen LogP contribution is 2.24. The lowest BCUT2D eigenvalue weighted by atomic mass is 10.1. The van der Waals surface area contributed by atoms with Gasteiger partial charge in [0.2, 0.25) is 5.91 Å². The maximum absolute atomic E-state index is 12.3. The normalized spacial score (nSPS) is 16.2. The minimum Gasteiger partial charge on any atom is -0.383 e. The summed E-state index contributed by atoms with van der Waals surface area (Å²) in [5.41, 5.74) is 0. The zero-order chi connectivity index (χ0) is 14.1. The van der Waals surface area contributed by atoms with Crippen molar-refractivity contribution in [3.8, 4) is 0 Å². The molecule has 4 nitrogen and oxygen atoms in total. The fourth-order valence-corrected chi connectivity index (χ4v) is 2.60. The third-order valence-electron chi connectivity index (χ3n) is 3.79. The first kappa shape index (κ1) is 16.4. The van der Waals surface area contributed by atoms with Crippen LogP contribution in [0.25, 0.3) is 0 Å². The predicted molar refractivity (Wildman–Crippen MR) is 78.2 cm³/mol. The van der Waals surface area contributed by atoms with Crippen molar-refractivity contribution in [2.24, 2.45) is 5.92 Å². The molecule has 19 heavy (non-hydrogen) atoms. The van der Waals surface area contributed by atoms with Gasteiger partial charge in [0.05, 0.1) is 13.2 Å². The Morgan fingerprint density at radius 2 is 2.05 bits per heavy atom. The largest absolute Gasteiger partial charge is 0.383 e. The molecule has 1 fully saturated rings. The molecule has 1 N–H and O–H groups in total. The zero-order valence-electron chi connectivity index (χ0n) is 12.8. The highest BCUT2D eigenvalue weighted by Gasteiger charge is 2.25. The fourth-order valence-electron chi connectivity index (χ4n) is 2.60. The molecule has 0 aromatic carbocycles. The van der Waals surface area contributed by atoms with Gasteiger partial charge in [0, 0.05) is 26.2 Å². The summed E-state index contributed by atoms with van der Waals surface area (Å²) in [6.07, 6.45) is 6.00. The summed E-state index contributed by atoms with van der Waals surface area (Å²) in [5.74, 6) is 0.904. The lowest BCUT2D eigenvalue weighted by Crippen LogP contribution is -2.44. The average molecular weight is 270 g/mol. The Bertz CT molecular complexity index is 251. The molecule has 0 aromatic rings. The van der Waals surface area contributed by atoms with Gasteiger partial charge < -0.3 is 15.0 Å². The molecular weight excluding hydrogens is 240 g/mol. The topological polar surface area (TPSA) is 41.6 Å². The van der Waals surface area contributed by atoms with E-state index in [0.717, 1.165) is 19.5 Å². The second kappa shape index (κ2) is 9.32. The second-order valence-electron chi connectivity index (χ2n) is 5.88. The molecule has 0 spiro atoms. The molecular formula is C15H30N2O2. The number of hydrogen-bond donors (Lipinski definition) is 1. The van der Waals surface area contributed by atoms with Crippen molar-refractivity contribution in [2.45, 2.75) is 52.0 Å². The van der Waals surface area contributed by atoms with Crippen molar-refractivity contribution in [1.82, 2.24) is 10.2 Å². The summed E-state index contributed by atoms with van der Waals surface area (Å²) in [6, 6.07) is 0.482. The van der Waals surface area contributed by atoms with Crippen molar-refractivity contribution >= 4 is 5.91 Å². The van der Waals surface area contributed by atoms with Crippen LogP contribution in [0.4, 0.5) is 0 Å². The number of amides is 1. The molecule has 112 valence electrons. The fraction of sp³-hybridized carbons (Fsp3) is 0.933. The summed E-state index contributed by atoms with van der Waals surface area (Å²) in [4.78, 5) is 14.4. The standard InChI is InChI=1S/C15H30N2O2/c1-13(2)8-10-17(14-6-4-5-7-14)15(18)12-16-9-11-19-3/h13-14,16H,4-12H2,1-3H3. The smallest absolute Gasteiger partial charge is 0.236 e. The molecule has 0 aromatic heterocycles. The third-order valence-corrected chi connectivity index (χ3v) is 3.79. The summed E-state index contributed by atoms with van der Waals surface area (Å²) in [5, 5.41) is 3.16. The molecule has 0 saturated heterocycles. The molecule has 0 bridgehead atoms. The summed E-state index contributed by atoms with van der Waals surface area (Å²) >= 11 is 0. The molecule has 1 amide bonds. The van der Waals surface area contributed by atoms with E-state index >= 15 is 0 Å². The Balaban J connectivity index is 2.39. The van der Waals surface area contributed by atoms with E-state index in [9.17, 15) is 4.79 Å². The van der Waals surface area contributed by atoms with Crippen LogP contribution in [0.15, 0.2) is 0 Å². The van der Waals surface area contributed by atoms with Crippen LogP contribution in [0.3, 0.4) is 0 Å². The summed E-state index contributed by atoms with van der Waals surface area (Å²) < 4.78 is 4.98. The van der Waals surface area contributed by atoms with Crippen LogP contribution in [0, 0.1) is 5.92 Å². The Labute approximate surface area is 117 Å². The summed E-state index contributed by atoms with van der Waals surface area (Å²) in [6.45, 7) is 7.18. The lowest BCUT2D eigenvalue weighted by molar-refractivity contribution is -0.132. The molecule has 1 rings (SSSR count). The van der Waals surface area contributed by atoms with Crippen LogP contribution in [0.5, 0.6) is 0 Å². The number of hydrogen-bond acceptors (Lipinski definition) is 3. The highest BCUT2D eigenvalue weighted by atomic mass is 16.5. The van der Waals surface area contributed by atoms with E-state index in [1.807, 2.05) is 0 Å². The van der Waals surface area contributed by atoms with Crippen LogP contribution in [-0.2, 0) is 9.53 Å². The minimum atomic E-state index is 0.253. The maximum Gasteiger partial charge on any atom is 0.236 e. The molecule has 0 radical (unpaired) electrons. The molecule has 0 unspecified atom stereocenters. The second-order valence-corrected chi connectivity index (χ2v) is 5.88. The van der Waals surface area contributed by atoms with Crippen molar-refractivity contribution in [3.05, 3.63) is 0 Å². The minimum absolute atomic E-state index is 0.253. The first-order valence-electron chi connectivity index (χ1n) is 7.64. The highest BCUT2D eigenvalue weighted by molar-refractivity contribution is 5.78. The van der Waals surface area contributed by atoms with Crippen LogP contribution in [0.2, 0.25) is 0 Å². The van der Waals surface area contributed by atoms with E-state index in [-0.39, 0.29) is 5.91 Å². The predicted octanol–water partition coefficient (Wildman–Crippen LogP) is 2.04. The van der Waals surface area contributed by atoms with Crippen LogP contribution in [-0.4, -0.2) is 50.2 Å². The summed E-state index contributed by atoms with van der Waals surface area (Å²) in [7, 11) is 1.68. The first-order valence-corrected chi connectivity index (χ1v) is 7.64. The molecule has 1 aliphatic rings. The van der Waals surface area contributed by atoms with Gasteiger partial charge in [-0.15, -0.1) is 0 Å². The molecule has 0 aliphatic heterocycles. The Kier molecular flexibility index (Phi) is 8.07. The molecule has 0 heterocycles. The lowest BCUT2D eigenvalue weighted by Gasteiger charge is -2.30. The van der Waals surface area contributed by atoms with E-state index in [2.05, 4.69) is 24.1 Å². The average Bonchev–Trinajstić information content (AvgIpc) is 2.88. The van der Waals surface area contributed by atoms with Gasteiger partial charge in [0.25, 0.3) is 0 Å². The molecule has 4 heteroatoms. The van der Waals surface area contributed by atoms with Gasteiger partial charge in [0.1, 0.15) is 0 Å². The van der Waals surface area contributed by atoms with Crippen LogP contribution in [0.1, 0.15) is 46.0 Å². The maximum atomic E-state index is 12.3. The van der Waals surface area contributed by atoms with Crippen molar-refractivity contribution in [1.29, 1.82) is 0 Å². The number of carbonyl (C=O) groups excluding carboxylic acids is 1. The van der Waals surface area contributed by atoms with E-state index in [0.29, 0.717) is 25.1 Å². The molecule has 0 atom stereocenters. The van der Waals surface area contributed by atoms with Gasteiger partial charge in [-0.2, -0.15) is 0 Å². The number of rotatable bonds is 9. The van der Waals surface area contributed by atoms with Gasteiger partial charge in [0.15, 0.2) is 0 Å². The van der Waals surface area contributed by atoms with Crippen LogP contribution >= 0.6 is 0 Å². The third kappa shape index (κ3) is 6.39.